The summed E-state index contributed by atoms with van der Waals surface area (Å²) in [5, 5.41) is -0.0985. The Labute approximate surface area is 210 Å². The maximum Gasteiger partial charge on any atom is 0.209 e. The number of hydrogen-bond acceptors (Lipinski definition) is 10. The van der Waals surface area contributed by atoms with Crippen molar-refractivity contribution in [3.8, 4) is 0 Å². The second-order valence-electron chi connectivity index (χ2n) is 9.21. The Kier molecular flexibility index (Phi) is 8.97. The van der Waals surface area contributed by atoms with Gasteiger partial charge in [0, 0.05) is 51.4 Å². The molecule has 2 aliphatic heterocycles. The number of anilines is 3. The van der Waals surface area contributed by atoms with Crippen LogP contribution in [0.3, 0.4) is 0 Å². The van der Waals surface area contributed by atoms with Crippen molar-refractivity contribution in [1.82, 2.24) is 29.7 Å². The number of hydrazine groups is 1. The number of piperazine rings is 2. The number of nitrogen functional groups attached to an aromatic ring is 1. The summed E-state index contributed by atoms with van der Waals surface area (Å²) >= 11 is 5.75. The van der Waals surface area contributed by atoms with E-state index in [1.807, 2.05) is 9.80 Å². The lowest BCUT2D eigenvalue weighted by molar-refractivity contribution is 0.273. The van der Waals surface area contributed by atoms with Crippen LogP contribution in [0, 0.1) is 25.5 Å². The van der Waals surface area contributed by atoms with Gasteiger partial charge in [-0.05, 0) is 41.8 Å². The summed E-state index contributed by atoms with van der Waals surface area (Å²) in [6.45, 7) is 12.6. The van der Waals surface area contributed by atoms with Crippen molar-refractivity contribution >= 4 is 29.1 Å². The van der Waals surface area contributed by atoms with Gasteiger partial charge >= 0.3 is 0 Å². The van der Waals surface area contributed by atoms with Crippen LogP contribution in [0.4, 0.5) is 26.2 Å². The SMILES string of the molecule is Cc1nc(Cl)c(F)c(N2CCN(C)C[C@@H]2C)n1.Cc1nc(NN)c(F)c(N2CCN(C)C[C@@H]2C)n1. The predicted octanol–water partition coefficient (Wildman–Crippen LogP) is 2.07. The molecule has 0 unspecified atom stereocenters. The fraction of sp³-hybridized carbons (Fsp3) is 0.636. The van der Waals surface area contributed by atoms with E-state index in [1.165, 1.54) is 0 Å². The van der Waals surface area contributed by atoms with Gasteiger partial charge in [0.15, 0.2) is 22.6 Å². The largest absolute Gasteiger partial charge is 0.349 e. The summed E-state index contributed by atoms with van der Waals surface area (Å²) in [4.78, 5) is 24.5. The zero-order chi connectivity index (χ0) is 25.9. The van der Waals surface area contributed by atoms with Crippen molar-refractivity contribution in [2.45, 2.75) is 39.8 Å². The lowest BCUT2D eigenvalue weighted by Gasteiger charge is -2.39. The highest BCUT2D eigenvalue weighted by molar-refractivity contribution is 6.29. The highest BCUT2D eigenvalue weighted by Crippen LogP contribution is 2.26. The highest BCUT2D eigenvalue weighted by atomic mass is 35.5. The number of nitrogens with one attached hydrogen (secondary N) is 1. The molecule has 2 fully saturated rings. The number of aromatic nitrogens is 4. The fourth-order valence-corrected chi connectivity index (χ4v) is 4.65. The first-order valence-electron chi connectivity index (χ1n) is 11.6. The zero-order valence-electron chi connectivity index (χ0n) is 21.2. The number of nitrogens with zero attached hydrogens (tertiary/aromatic N) is 8. The van der Waals surface area contributed by atoms with Crippen molar-refractivity contribution in [2.24, 2.45) is 5.84 Å². The molecule has 0 radical (unpaired) electrons. The maximum atomic E-state index is 14.2. The third kappa shape index (κ3) is 6.43. The van der Waals surface area contributed by atoms with E-state index in [0.29, 0.717) is 23.3 Å². The second kappa shape index (κ2) is 11.5. The summed E-state index contributed by atoms with van der Waals surface area (Å²) in [5.74, 6) is 5.96. The zero-order valence-corrected chi connectivity index (χ0v) is 21.9. The first-order chi connectivity index (χ1) is 16.5. The predicted molar refractivity (Wildman–Crippen MR) is 135 cm³/mol. The van der Waals surface area contributed by atoms with Crippen LogP contribution >= 0.6 is 11.6 Å². The van der Waals surface area contributed by atoms with Crippen LogP contribution in [0.25, 0.3) is 0 Å². The summed E-state index contributed by atoms with van der Waals surface area (Å²) < 4.78 is 28.1. The van der Waals surface area contributed by atoms with Gasteiger partial charge in [0.1, 0.15) is 11.6 Å². The van der Waals surface area contributed by atoms with Gasteiger partial charge in [0.25, 0.3) is 0 Å². The van der Waals surface area contributed by atoms with Crippen LogP contribution in [0.15, 0.2) is 0 Å². The molecule has 2 saturated heterocycles. The Bertz CT molecular complexity index is 1030. The van der Waals surface area contributed by atoms with E-state index in [2.05, 4.69) is 63.1 Å². The third-order valence-electron chi connectivity index (χ3n) is 6.19. The van der Waals surface area contributed by atoms with Crippen molar-refractivity contribution in [3.05, 3.63) is 28.4 Å². The lowest BCUT2D eigenvalue weighted by atomic mass is 10.2. The molecule has 35 heavy (non-hydrogen) atoms. The molecule has 0 aliphatic carbocycles. The summed E-state index contributed by atoms with van der Waals surface area (Å²) in [6, 6.07) is 0.423. The number of hydrogen-bond donors (Lipinski definition) is 2. The topological polar surface area (TPSA) is 103 Å². The molecule has 4 rings (SSSR count). The average Bonchev–Trinajstić information content (AvgIpc) is 2.78. The first-order valence-corrected chi connectivity index (χ1v) is 12.0. The smallest absolute Gasteiger partial charge is 0.209 e. The van der Waals surface area contributed by atoms with E-state index in [0.717, 1.165) is 39.3 Å². The van der Waals surface area contributed by atoms with Gasteiger partial charge in [-0.15, -0.1) is 0 Å². The molecule has 0 bridgehead atoms. The molecule has 0 spiro atoms. The van der Waals surface area contributed by atoms with E-state index in [4.69, 9.17) is 17.4 Å². The van der Waals surface area contributed by atoms with Crippen molar-refractivity contribution in [1.29, 1.82) is 0 Å². The quantitative estimate of drug-likeness (QED) is 0.361. The van der Waals surface area contributed by atoms with E-state index < -0.39 is 11.6 Å². The summed E-state index contributed by atoms with van der Waals surface area (Å²) in [5.41, 5.74) is 2.28. The number of aryl methyl sites for hydroxylation is 2. The van der Waals surface area contributed by atoms with Crippen LogP contribution in [-0.2, 0) is 0 Å². The van der Waals surface area contributed by atoms with Crippen molar-refractivity contribution in [2.75, 3.05) is 68.6 Å². The Morgan fingerprint density at radius 1 is 0.800 bits per heavy atom. The van der Waals surface area contributed by atoms with Gasteiger partial charge in [0.05, 0.1) is 0 Å². The molecule has 2 atom stereocenters. The Hall–Kier alpha value is -2.41. The molecule has 10 nitrogen and oxygen atoms in total. The van der Waals surface area contributed by atoms with Gasteiger partial charge in [-0.1, -0.05) is 11.6 Å². The van der Waals surface area contributed by atoms with Crippen molar-refractivity contribution < 1.29 is 8.78 Å². The van der Waals surface area contributed by atoms with E-state index in [-0.39, 0.29) is 23.1 Å². The minimum Gasteiger partial charge on any atom is -0.349 e. The standard InChI is InChI=1S/C11H16ClFN4.C11H19FN6/c1-7-6-16(3)4-5-17(7)11-9(13)10(12)14-8(2)15-11;1-7-6-17(3)4-5-18(7)11-9(12)10(16-13)14-8(2)15-11/h7H,4-6H2,1-3H3;7H,4-6,13H2,1-3H3,(H,14,15,16)/t2*7-/m00/s1. The average molecular weight is 513 g/mol. The molecular formula is C22H35ClF2N10. The Balaban J connectivity index is 0.000000196. The normalized spacial score (nSPS) is 21.5. The van der Waals surface area contributed by atoms with E-state index in [9.17, 15) is 8.78 Å². The molecule has 2 aromatic rings. The van der Waals surface area contributed by atoms with Gasteiger partial charge < -0.3 is 25.0 Å². The van der Waals surface area contributed by atoms with Crippen LogP contribution in [-0.4, -0.2) is 95.2 Å². The molecule has 4 heterocycles. The molecule has 0 amide bonds. The van der Waals surface area contributed by atoms with E-state index >= 15 is 0 Å². The maximum absolute atomic E-state index is 14.2. The molecular weight excluding hydrogens is 478 g/mol. The molecule has 3 N–H and O–H groups in total. The van der Waals surface area contributed by atoms with Gasteiger partial charge in [-0.2, -0.15) is 8.78 Å². The van der Waals surface area contributed by atoms with Crippen LogP contribution in [0.2, 0.25) is 5.15 Å². The fourth-order valence-electron chi connectivity index (χ4n) is 4.44. The lowest BCUT2D eigenvalue weighted by Crippen LogP contribution is -2.51. The number of nitrogens with two attached hydrogens (primary N) is 1. The van der Waals surface area contributed by atoms with Gasteiger partial charge in [0.2, 0.25) is 11.6 Å². The van der Waals surface area contributed by atoms with Gasteiger partial charge in [-0.3, -0.25) is 0 Å². The Morgan fingerprint density at radius 3 is 1.71 bits per heavy atom. The Morgan fingerprint density at radius 2 is 1.26 bits per heavy atom. The number of rotatable bonds is 3. The summed E-state index contributed by atoms with van der Waals surface area (Å²) in [6.07, 6.45) is 0. The first kappa shape index (κ1) is 27.2. The molecule has 13 heteroatoms. The number of halogens is 3. The molecule has 0 aromatic carbocycles. The minimum absolute atomic E-state index is 0.0450. The minimum atomic E-state index is -0.520. The number of likely N-dealkylation sites (N-methyl/N-ethyl adjacent to an activating group) is 2. The van der Waals surface area contributed by atoms with Crippen LogP contribution < -0.4 is 21.1 Å². The van der Waals surface area contributed by atoms with Crippen molar-refractivity contribution in [3.63, 3.8) is 0 Å². The monoisotopic (exact) mass is 512 g/mol. The summed E-state index contributed by atoms with van der Waals surface area (Å²) in [7, 11) is 4.12. The highest BCUT2D eigenvalue weighted by Gasteiger charge is 2.28. The van der Waals surface area contributed by atoms with Crippen LogP contribution in [0.1, 0.15) is 25.5 Å². The molecule has 0 saturated carbocycles. The van der Waals surface area contributed by atoms with Gasteiger partial charge in [-0.25, -0.2) is 25.8 Å². The third-order valence-corrected chi connectivity index (χ3v) is 6.44. The van der Waals surface area contributed by atoms with E-state index in [1.54, 1.807) is 13.8 Å². The van der Waals surface area contributed by atoms with Crippen LogP contribution in [0.5, 0.6) is 0 Å². The second-order valence-corrected chi connectivity index (χ2v) is 9.57. The molecule has 194 valence electrons. The molecule has 2 aliphatic rings. The molecule has 2 aromatic heterocycles.